The average Bonchev–Trinajstić information content (AvgIpc) is 2.52. The molecular weight excluding hydrogens is 268 g/mol. The second-order valence-electron chi connectivity index (χ2n) is 4.79. The van der Waals surface area contributed by atoms with Crippen LogP contribution in [0.2, 0.25) is 0 Å². The topological polar surface area (TPSA) is 99.2 Å². The van der Waals surface area contributed by atoms with Gasteiger partial charge in [0.15, 0.2) is 5.82 Å². The lowest BCUT2D eigenvalue weighted by Crippen LogP contribution is -2.28. The van der Waals surface area contributed by atoms with E-state index in [9.17, 15) is 8.42 Å². The van der Waals surface area contributed by atoms with Crippen molar-refractivity contribution in [2.45, 2.75) is 25.7 Å². The number of rotatable bonds is 7. The Bertz CT molecular complexity index is 522. The van der Waals surface area contributed by atoms with Gasteiger partial charge in [-0.1, -0.05) is 13.8 Å². The Morgan fingerprint density at radius 1 is 1.47 bits per heavy atom. The van der Waals surface area contributed by atoms with Crippen molar-refractivity contribution in [3.8, 4) is 0 Å². The molecule has 0 bridgehead atoms. The average molecular weight is 290 g/mol. The minimum Gasteiger partial charge on any atom is -0.381 e. The Hall–Kier alpha value is -1.12. The van der Waals surface area contributed by atoms with E-state index < -0.39 is 10.0 Å². The van der Waals surface area contributed by atoms with Crippen molar-refractivity contribution in [2.24, 2.45) is 13.0 Å². The van der Waals surface area contributed by atoms with Crippen LogP contribution in [0.5, 0.6) is 0 Å². The van der Waals surface area contributed by atoms with Crippen LogP contribution < -0.4 is 10.5 Å². The number of hydrogen-bond acceptors (Lipinski definition) is 5. The second kappa shape index (κ2) is 6.36. The molecule has 0 amide bonds. The molecule has 0 aliphatic rings. The summed E-state index contributed by atoms with van der Waals surface area (Å²) < 4.78 is 33.4. The number of nitrogens with zero attached hydrogens (tertiary/aromatic N) is 2. The van der Waals surface area contributed by atoms with Gasteiger partial charge in [0.2, 0.25) is 10.0 Å². The second-order valence-corrected chi connectivity index (χ2v) is 6.49. The molecular formula is C11H22N4O3S. The van der Waals surface area contributed by atoms with Crippen LogP contribution in [0.1, 0.15) is 19.5 Å². The molecule has 0 saturated heterocycles. The Balaban J connectivity index is 2.62. The molecule has 1 rings (SSSR count). The molecule has 19 heavy (non-hydrogen) atoms. The van der Waals surface area contributed by atoms with E-state index in [2.05, 4.69) is 9.82 Å². The summed E-state index contributed by atoms with van der Waals surface area (Å²) in [5.41, 5.74) is 6.12. The molecule has 1 aromatic rings. The van der Waals surface area contributed by atoms with Gasteiger partial charge in [-0.3, -0.25) is 4.68 Å². The van der Waals surface area contributed by atoms with Gasteiger partial charge in [0.25, 0.3) is 0 Å². The van der Waals surface area contributed by atoms with Crippen molar-refractivity contribution in [3.63, 3.8) is 0 Å². The molecule has 3 N–H and O–H groups in total. The summed E-state index contributed by atoms with van der Waals surface area (Å²) in [5, 5.41) is 3.89. The lowest BCUT2D eigenvalue weighted by molar-refractivity contribution is 0.114. The van der Waals surface area contributed by atoms with Crippen LogP contribution in [-0.2, 0) is 21.8 Å². The fourth-order valence-electron chi connectivity index (χ4n) is 1.59. The molecule has 0 spiro atoms. The van der Waals surface area contributed by atoms with E-state index in [0.717, 1.165) is 0 Å². The Labute approximate surface area is 114 Å². The van der Waals surface area contributed by atoms with Gasteiger partial charge in [-0.25, -0.2) is 13.1 Å². The smallest absolute Gasteiger partial charge is 0.246 e. The van der Waals surface area contributed by atoms with Crippen LogP contribution >= 0.6 is 0 Å². The lowest BCUT2D eigenvalue weighted by Gasteiger charge is -2.09. The van der Waals surface area contributed by atoms with Crippen molar-refractivity contribution in [1.82, 2.24) is 14.5 Å². The van der Waals surface area contributed by atoms with E-state index >= 15 is 0 Å². The van der Waals surface area contributed by atoms with E-state index in [-0.39, 0.29) is 17.3 Å². The van der Waals surface area contributed by atoms with Crippen LogP contribution in [0, 0.1) is 12.8 Å². The molecule has 1 aromatic heterocycles. The molecule has 0 fully saturated rings. The minimum atomic E-state index is -3.64. The highest BCUT2D eigenvalue weighted by Gasteiger charge is 2.23. The highest BCUT2D eigenvalue weighted by Crippen LogP contribution is 2.20. The maximum atomic E-state index is 12.1. The number of anilines is 1. The molecule has 0 unspecified atom stereocenters. The highest BCUT2D eigenvalue weighted by atomic mass is 32.2. The third-order valence-electron chi connectivity index (χ3n) is 2.56. The van der Waals surface area contributed by atoms with Crippen LogP contribution in [0.3, 0.4) is 0 Å². The molecule has 1 heterocycles. The van der Waals surface area contributed by atoms with Crippen molar-refractivity contribution in [1.29, 1.82) is 0 Å². The first kappa shape index (κ1) is 15.9. The van der Waals surface area contributed by atoms with E-state index in [0.29, 0.717) is 24.8 Å². The summed E-state index contributed by atoms with van der Waals surface area (Å²) in [7, 11) is -1.99. The van der Waals surface area contributed by atoms with Gasteiger partial charge in [0, 0.05) is 20.2 Å². The summed E-state index contributed by atoms with van der Waals surface area (Å²) in [5.74, 6) is 0.434. The fourth-order valence-corrected chi connectivity index (χ4v) is 2.92. The van der Waals surface area contributed by atoms with Crippen molar-refractivity contribution < 1.29 is 13.2 Å². The van der Waals surface area contributed by atoms with Crippen molar-refractivity contribution in [3.05, 3.63) is 5.69 Å². The van der Waals surface area contributed by atoms with Crippen molar-refractivity contribution in [2.75, 3.05) is 25.5 Å². The van der Waals surface area contributed by atoms with Crippen LogP contribution in [0.15, 0.2) is 4.90 Å². The van der Waals surface area contributed by atoms with Gasteiger partial charge >= 0.3 is 0 Å². The van der Waals surface area contributed by atoms with Gasteiger partial charge in [-0.15, -0.1) is 0 Å². The van der Waals surface area contributed by atoms with E-state index in [1.54, 1.807) is 14.0 Å². The molecule has 110 valence electrons. The third kappa shape index (κ3) is 4.19. The molecule has 0 aliphatic heterocycles. The van der Waals surface area contributed by atoms with Crippen LogP contribution in [0.4, 0.5) is 5.82 Å². The van der Waals surface area contributed by atoms with Gasteiger partial charge in [-0.05, 0) is 12.8 Å². The predicted octanol–water partition coefficient (Wildman–Crippen LogP) is 0.262. The maximum absolute atomic E-state index is 12.1. The zero-order chi connectivity index (χ0) is 14.6. The Kier molecular flexibility index (Phi) is 5.33. The minimum absolute atomic E-state index is 0.00981. The number of nitrogens with two attached hydrogens (primary N) is 1. The molecule has 0 radical (unpaired) electrons. The summed E-state index contributed by atoms with van der Waals surface area (Å²) in [4.78, 5) is 0.0406. The maximum Gasteiger partial charge on any atom is 0.246 e. The molecule has 0 aliphatic carbocycles. The van der Waals surface area contributed by atoms with Crippen LogP contribution in [0.25, 0.3) is 0 Å². The molecule has 0 saturated carbocycles. The first-order valence-corrected chi connectivity index (χ1v) is 7.60. The van der Waals surface area contributed by atoms with Crippen LogP contribution in [-0.4, -0.2) is 38.0 Å². The van der Waals surface area contributed by atoms with E-state index in [1.807, 2.05) is 13.8 Å². The van der Waals surface area contributed by atoms with Crippen molar-refractivity contribution >= 4 is 15.8 Å². The van der Waals surface area contributed by atoms with Gasteiger partial charge in [0.1, 0.15) is 4.90 Å². The lowest BCUT2D eigenvalue weighted by atomic mass is 10.2. The highest BCUT2D eigenvalue weighted by molar-refractivity contribution is 7.89. The third-order valence-corrected chi connectivity index (χ3v) is 4.19. The first-order valence-electron chi connectivity index (χ1n) is 6.12. The summed E-state index contributed by atoms with van der Waals surface area (Å²) in [6.45, 7) is 6.87. The number of nitrogens with one attached hydrogen (secondary N) is 1. The normalized spacial score (nSPS) is 12.3. The summed E-state index contributed by atoms with van der Waals surface area (Å²) >= 11 is 0. The number of aromatic nitrogens is 2. The molecule has 0 aromatic carbocycles. The molecule has 7 nitrogen and oxygen atoms in total. The summed E-state index contributed by atoms with van der Waals surface area (Å²) in [6, 6.07) is 0. The Morgan fingerprint density at radius 2 is 2.11 bits per heavy atom. The Morgan fingerprint density at radius 3 is 2.58 bits per heavy atom. The van der Waals surface area contributed by atoms with E-state index in [1.165, 1.54) is 4.68 Å². The predicted molar refractivity (Wildman–Crippen MR) is 73.2 cm³/mol. The first-order chi connectivity index (χ1) is 8.75. The quantitative estimate of drug-likeness (QED) is 0.702. The number of aryl methyl sites for hydroxylation is 1. The van der Waals surface area contributed by atoms with Gasteiger partial charge in [0.05, 0.1) is 12.3 Å². The van der Waals surface area contributed by atoms with Gasteiger partial charge in [-0.2, -0.15) is 5.10 Å². The number of sulfonamides is 1. The number of ether oxygens (including phenoxy) is 1. The van der Waals surface area contributed by atoms with Gasteiger partial charge < -0.3 is 10.5 Å². The molecule has 8 heteroatoms. The fraction of sp³-hybridized carbons (Fsp3) is 0.727. The largest absolute Gasteiger partial charge is 0.381 e. The zero-order valence-electron chi connectivity index (χ0n) is 11.8. The molecule has 0 atom stereocenters. The SMILES string of the molecule is Cc1c(S(=O)(=O)NCCOCC(C)C)c(N)nn1C. The van der Waals surface area contributed by atoms with E-state index in [4.69, 9.17) is 10.5 Å². The standard InChI is InChI=1S/C11H22N4O3S/c1-8(2)7-18-6-5-13-19(16,17)10-9(3)15(4)14-11(10)12/h8,13H,5-7H2,1-4H3,(H2,12,14). The number of hydrogen-bond donors (Lipinski definition) is 2. The monoisotopic (exact) mass is 290 g/mol. The number of nitrogen functional groups attached to an aromatic ring is 1. The zero-order valence-corrected chi connectivity index (χ0v) is 12.6. The summed E-state index contributed by atoms with van der Waals surface area (Å²) in [6.07, 6.45) is 0.